The van der Waals surface area contributed by atoms with Crippen LogP contribution in [-0.4, -0.2) is 41.6 Å². The van der Waals surface area contributed by atoms with Gasteiger partial charge in [-0.15, -0.1) is 48.6 Å². The predicted molar refractivity (Wildman–Crippen MR) is 268 cm³/mol. The van der Waals surface area contributed by atoms with Gasteiger partial charge in [-0.2, -0.15) is 104 Å². The van der Waals surface area contributed by atoms with E-state index in [0.29, 0.717) is 0 Å². The van der Waals surface area contributed by atoms with Crippen molar-refractivity contribution in [2.24, 2.45) is 43.6 Å². The summed E-state index contributed by atoms with van der Waals surface area (Å²) in [6.45, 7) is 0. The monoisotopic (exact) mass is 1240 g/mol. The van der Waals surface area contributed by atoms with Gasteiger partial charge in [0, 0.05) is 131 Å². The fourth-order valence-electron chi connectivity index (χ4n) is 12.2. The van der Waals surface area contributed by atoms with Gasteiger partial charge in [0.2, 0.25) is 11.7 Å². The molecule has 12 heteroatoms. The number of amidine groups is 4. The van der Waals surface area contributed by atoms with Crippen LogP contribution < -0.4 is 11.0 Å². The van der Waals surface area contributed by atoms with Crippen molar-refractivity contribution >= 4 is 56.5 Å². The van der Waals surface area contributed by atoms with Crippen LogP contribution in [0.1, 0.15) is 44.5 Å². The van der Waals surface area contributed by atoms with Crippen LogP contribution in [0.2, 0.25) is 0 Å². The van der Waals surface area contributed by atoms with E-state index >= 15 is 0 Å². The standard InChI is InChI=1S/C61H40N8.4Y/c1-5-13-37(14-6-1)29-41-21-25-45-49(33-41)57-62-54-46-26-22-42(30-38-15-7-2-8-16-38)34-50(46)59-64-56-48-28-24-44(32-40-19-11-4-12-20-40)36-52(48)60-65-55-47-27-23-43(31-39-17-9-3-10-18-39)35-51(47)58-63-53(45)66(57)61(67(54)59,68(55)58)69(56)60;;;;/h1-20,25-28,33-40H,29-32H2;;;;/q-6;;;;/t61-;;;;. The number of hydrogen-bond donors (Lipinski definition) is 0. The van der Waals surface area contributed by atoms with Crippen molar-refractivity contribution in [3.63, 3.8) is 0 Å². The van der Waals surface area contributed by atoms with Crippen LogP contribution in [0, 0.1) is 73.6 Å². The fourth-order valence-corrected chi connectivity index (χ4v) is 12.2. The molecule has 8 nitrogen and oxygen atoms in total. The third-order valence-electron chi connectivity index (χ3n) is 15.3. The second kappa shape index (κ2) is 19.3. The van der Waals surface area contributed by atoms with Crippen LogP contribution in [0.15, 0.2) is 166 Å². The van der Waals surface area contributed by atoms with E-state index in [2.05, 4.69) is 214 Å². The molecule has 16 rings (SSSR count). The summed E-state index contributed by atoms with van der Waals surface area (Å²) < 4.78 is 9.56. The SMILES string of the molecule is [Y].[Y].[Y].[Y].[c-]1cc2c(cc1CC1C=CC=C[CH-]1)C1=Nc3c4c[c-]c(CC5C=CC=C[CH-]5)cc4c4n3[C@]35n6c(c7cc(CC8C=CC=C[CH-]8)[c-]cc7c6=N4)=NC4=[N+]3C(=NC2=[N+]15)c1cc(CC2C=CC=C[CH-]2)[c-]cc14. The van der Waals surface area contributed by atoms with Gasteiger partial charge < -0.3 is 0 Å². The summed E-state index contributed by atoms with van der Waals surface area (Å²) in [5.41, 5.74) is 10.3. The van der Waals surface area contributed by atoms with E-state index in [1.165, 1.54) is 0 Å². The molecule has 8 heterocycles. The molecule has 4 aromatic carbocycles. The molecule has 0 N–H and O–H groups in total. The zero-order valence-electron chi connectivity index (χ0n) is 39.7. The average Bonchev–Trinajstić information content (AvgIpc) is 4.09. The number of fused-ring (bicyclic) bond motifs is 12. The molecule has 2 aromatic heterocycles. The van der Waals surface area contributed by atoms with Crippen molar-refractivity contribution in [3.8, 4) is 0 Å². The molecule has 5 atom stereocenters. The van der Waals surface area contributed by atoms with Crippen molar-refractivity contribution in [2.45, 2.75) is 31.6 Å². The molecule has 73 heavy (non-hydrogen) atoms. The Morgan fingerprint density at radius 2 is 0.849 bits per heavy atom. The van der Waals surface area contributed by atoms with Gasteiger partial charge in [-0.05, 0) is 22.3 Å². The second-order valence-corrected chi connectivity index (χ2v) is 19.4. The van der Waals surface area contributed by atoms with Gasteiger partial charge in [0.25, 0.3) is 11.7 Å². The Labute approximate surface area is 525 Å². The van der Waals surface area contributed by atoms with E-state index in [1.807, 2.05) is 0 Å². The van der Waals surface area contributed by atoms with E-state index < -0.39 is 5.91 Å². The maximum atomic E-state index is 5.77. The van der Waals surface area contributed by atoms with E-state index in [4.69, 9.17) is 20.0 Å². The van der Waals surface area contributed by atoms with Crippen molar-refractivity contribution < 1.29 is 140 Å². The molecule has 1 spiro atoms. The maximum Gasteiger partial charge on any atom is 0.399 e. The van der Waals surface area contributed by atoms with Gasteiger partial charge in [-0.3, -0.25) is 0 Å². The van der Waals surface area contributed by atoms with Gasteiger partial charge in [-0.25, -0.2) is 88.4 Å². The Morgan fingerprint density at radius 3 is 1.36 bits per heavy atom. The number of aliphatic imine (C=N–C) groups is 2. The van der Waals surface area contributed by atoms with E-state index in [-0.39, 0.29) is 155 Å². The third kappa shape index (κ3) is 7.42. The van der Waals surface area contributed by atoms with Gasteiger partial charge in [0.1, 0.15) is 5.82 Å². The Bertz CT molecular complexity index is 3960. The summed E-state index contributed by atoms with van der Waals surface area (Å²) in [6, 6.07) is 32.8. The normalized spacial score (nSPS) is 23.2. The van der Waals surface area contributed by atoms with Crippen molar-refractivity contribution in [1.82, 2.24) is 9.13 Å². The van der Waals surface area contributed by atoms with Crippen LogP contribution in [0.4, 0.5) is 11.6 Å². The quantitative estimate of drug-likeness (QED) is 0.108. The third-order valence-corrected chi connectivity index (χ3v) is 15.3. The minimum absolute atomic E-state index is 0. The average molecular weight is 1240 g/mol. The Balaban J connectivity index is 0.00000136. The Hall–Kier alpha value is -3.94. The van der Waals surface area contributed by atoms with Gasteiger partial charge in [-0.1, -0.05) is 85.9 Å². The number of aromatic nitrogens is 2. The van der Waals surface area contributed by atoms with Crippen molar-refractivity contribution in [3.05, 3.63) is 251 Å². The topological polar surface area (TPSA) is 65.3 Å². The summed E-state index contributed by atoms with van der Waals surface area (Å²) in [4.78, 5) is 23.1. The van der Waals surface area contributed by atoms with Crippen molar-refractivity contribution in [1.29, 1.82) is 0 Å². The van der Waals surface area contributed by atoms with Crippen LogP contribution in [0.5, 0.6) is 0 Å². The summed E-state index contributed by atoms with van der Waals surface area (Å²) in [5.74, 6) is 5.08. The molecule has 4 unspecified atom stereocenters. The molecular formula is C61H40N8Y4-6. The van der Waals surface area contributed by atoms with E-state index in [9.17, 15) is 0 Å². The molecule has 0 amide bonds. The van der Waals surface area contributed by atoms with Crippen molar-refractivity contribution in [2.75, 3.05) is 0 Å². The predicted octanol–water partition coefficient (Wildman–Crippen LogP) is 8.85. The molecule has 10 aliphatic rings. The number of nitrogens with zero attached hydrogens (tertiary/aromatic N) is 8. The maximum absolute atomic E-state index is 5.77. The zero-order chi connectivity index (χ0) is 45.0. The van der Waals surface area contributed by atoms with Crippen LogP contribution in [-0.2, 0) is 162 Å². The minimum atomic E-state index is -1.13. The first-order valence-corrected chi connectivity index (χ1v) is 24.1. The van der Waals surface area contributed by atoms with E-state index in [0.717, 1.165) is 138 Å². The minimum Gasteiger partial charge on any atom is -0.228 e. The first kappa shape index (κ1) is 49.9. The van der Waals surface area contributed by atoms with Gasteiger partial charge in [0.15, 0.2) is 11.3 Å². The number of hydrogen-bond acceptors (Lipinski definition) is 4. The summed E-state index contributed by atoms with van der Waals surface area (Å²) >= 11 is 0. The Kier molecular flexibility index (Phi) is 13.2. The summed E-state index contributed by atoms with van der Waals surface area (Å²) in [7, 11) is 0. The smallest absolute Gasteiger partial charge is 0.228 e. The van der Waals surface area contributed by atoms with Gasteiger partial charge in [0.05, 0.1) is 5.49 Å². The molecule has 0 fully saturated rings. The molecule has 6 aliphatic heterocycles. The summed E-state index contributed by atoms with van der Waals surface area (Å²) in [6.07, 6.45) is 46.9. The summed E-state index contributed by atoms with van der Waals surface area (Å²) in [5, 5.41) is 4.12. The number of benzene rings is 4. The van der Waals surface area contributed by atoms with Gasteiger partial charge >= 0.3 is 5.91 Å². The second-order valence-electron chi connectivity index (χ2n) is 19.4. The molecule has 0 saturated carbocycles. The van der Waals surface area contributed by atoms with Crippen LogP contribution >= 0.6 is 0 Å². The molecular weight excluding hydrogens is 1200 g/mol. The molecule has 4 aliphatic carbocycles. The van der Waals surface area contributed by atoms with Crippen LogP contribution in [0.3, 0.4) is 0 Å². The number of rotatable bonds is 8. The zero-order valence-corrected chi connectivity index (χ0v) is 51.0. The molecule has 0 saturated heterocycles. The first-order chi connectivity index (χ1) is 34.2. The van der Waals surface area contributed by atoms with E-state index in [1.54, 1.807) is 0 Å². The molecule has 6 aromatic rings. The fraction of sp³-hybridized carbons (Fsp3) is 0.148. The van der Waals surface area contributed by atoms with Crippen LogP contribution in [0.25, 0.3) is 21.5 Å². The Morgan fingerprint density at radius 1 is 0.425 bits per heavy atom. The molecule has 342 valence electrons. The largest absolute Gasteiger partial charge is 0.399 e. The number of allylic oxidation sites excluding steroid dienone is 16. The molecule has 0 bridgehead atoms. The molecule has 4 radical (unpaired) electrons. The first-order valence-electron chi connectivity index (χ1n) is 24.1.